The first-order chi connectivity index (χ1) is 18.5. The third kappa shape index (κ3) is 4.72. The predicted octanol–water partition coefficient (Wildman–Crippen LogP) is 5.46. The highest BCUT2D eigenvalue weighted by atomic mass is 16.6. The van der Waals surface area contributed by atoms with E-state index in [1.807, 2.05) is 6.07 Å². The van der Waals surface area contributed by atoms with Crippen LogP contribution < -0.4 is 18.9 Å². The number of aliphatic hydroxyl groups is 1. The molecule has 6 nitrogen and oxygen atoms in total. The average molecular weight is 516 g/mol. The molecular weight excluding hydrogens is 478 g/mol. The molecule has 0 aromatic heterocycles. The zero-order valence-electron chi connectivity index (χ0n) is 22.6. The second-order valence-electron chi connectivity index (χ2n) is 10.8. The van der Waals surface area contributed by atoms with Crippen LogP contribution >= 0.6 is 0 Å². The van der Waals surface area contributed by atoms with Crippen LogP contribution in [0.2, 0.25) is 0 Å². The quantitative estimate of drug-likeness (QED) is 0.451. The van der Waals surface area contributed by atoms with Crippen LogP contribution in [0.15, 0.2) is 42.5 Å². The monoisotopic (exact) mass is 515 g/mol. The highest BCUT2D eigenvalue weighted by molar-refractivity contribution is 5.71. The fourth-order valence-electron chi connectivity index (χ4n) is 6.29. The molecule has 0 amide bonds. The highest BCUT2D eigenvalue weighted by Crippen LogP contribution is 2.41. The first-order valence-corrected chi connectivity index (χ1v) is 13.8. The van der Waals surface area contributed by atoms with E-state index in [0.29, 0.717) is 25.9 Å². The first kappa shape index (κ1) is 25.1. The van der Waals surface area contributed by atoms with E-state index < -0.39 is 0 Å². The Labute approximate surface area is 225 Å². The van der Waals surface area contributed by atoms with E-state index in [2.05, 4.69) is 55.1 Å². The zero-order valence-corrected chi connectivity index (χ0v) is 22.6. The molecule has 0 saturated carbocycles. The molecule has 2 heterocycles. The molecule has 1 N–H and O–H groups in total. The van der Waals surface area contributed by atoms with Gasteiger partial charge < -0.3 is 24.1 Å². The van der Waals surface area contributed by atoms with Crippen LogP contribution in [0.1, 0.15) is 47.6 Å². The molecule has 6 heteroatoms. The Kier molecular flexibility index (Phi) is 6.93. The van der Waals surface area contributed by atoms with Crippen LogP contribution in [0.3, 0.4) is 0 Å². The molecule has 1 fully saturated rings. The van der Waals surface area contributed by atoms with Crippen LogP contribution in [-0.2, 0) is 26.0 Å². The van der Waals surface area contributed by atoms with Crippen LogP contribution in [0.25, 0.3) is 11.1 Å². The molecule has 38 heavy (non-hydrogen) atoms. The van der Waals surface area contributed by atoms with Crippen LogP contribution in [0.4, 0.5) is 0 Å². The largest absolute Gasteiger partial charge is 0.496 e. The Hall–Kier alpha value is -3.22. The van der Waals surface area contributed by atoms with E-state index in [4.69, 9.17) is 18.9 Å². The minimum absolute atomic E-state index is 0.243. The Morgan fingerprint density at radius 1 is 1.00 bits per heavy atom. The van der Waals surface area contributed by atoms with Crippen molar-refractivity contribution in [3.63, 3.8) is 0 Å². The summed E-state index contributed by atoms with van der Waals surface area (Å²) in [6.07, 6.45) is 3.78. The maximum Gasteiger partial charge on any atom is 0.161 e. The summed E-state index contributed by atoms with van der Waals surface area (Å²) in [6, 6.07) is 15.0. The van der Waals surface area contributed by atoms with Crippen molar-refractivity contribution in [2.24, 2.45) is 0 Å². The van der Waals surface area contributed by atoms with Crippen molar-refractivity contribution in [2.75, 3.05) is 26.9 Å². The van der Waals surface area contributed by atoms with Crippen molar-refractivity contribution in [3.05, 3.63) is 70.3 Å². The lowest BCUT2D eigenvalue weighted by molar-refractivity contribution is 0.171. The SMILES string of the molecule is COc1cc(OCc2cccc(-c3ccc4c(c3)OCCO4)c2C)c2c(c1CN1C[C@H](O)C[C@H]1C)CCC2. The summed E-state index contributed by atoms with van der Waals surface area (Å²) in [4.78, 5) is 2.37. The average Bonchev–Trinajstić information content (AvgIpc) is 3.54. The molecule has 0 bridgehead atoms. The van der Waals surface area contributed by atoms with Gasteiger partial charge in [0.05, 0.1) is 13.2 Å². The highest BCUT2D eigenvalue weighted by Gasteiger charge is 2.31. The summed E-state index contributed by atoms with van der Waals surface area (Å²) in [5, 5.41) is 10.2. The Balaban J connectivity index is 1.25. The van der Waals surface area contributed by atoms with Gasteiger partial charge in [-0.05, 0) is 85.0 Å². The van der Waals surface area contributed by atoms with Crippen LogP contribution in [-0.4, -0.2) is 49.0 Å². The Morgan fingerprint density at radius 3 is 2.61 bits per heavy atom. The maximum atomic E-state index is 10.2. The van der Waals surface area contributed by atoms with E-state index >= 15 is 0 Å². The standard InChI is InChI=1S/C32H37NO5/c1-20-14-24(34)17-33(20)18-28-26-8-5-9-27(26)31(16-30(28)35-3)38-19-23-6-4-7-25(21(23)2)22-10-11-29-32(15-22)37-13-12-36-29/h4,6-7,10-11,15-16,20,24,34H,5,8-9,12-14,17-19H2,1-3H3/t20-,24-/m1/s1. The number of methoxy groups -OCH3 is 1. The predicted molar refractivity (Wildman–Crippen MR) is 147 cm³/mol. The molecule has 0 spiro atoms. The lowest BCUT2D eigenvalue weighted by Gasteiger charge is -2.25. The smallest absolute Gasteiger partial charge is 0.161 e. The number of hydrogen-bond acceptors (Lipinski definition) is 6. The van der Waals surface area contributed by atoms with Gasteiger partial charge in [0.25, 0.3) is 0 Å². The number of aliphatic hydroxyl groups excluding tert-OH is 1. The molecule has 0 unspecified atom stereocenters. The van der Waals surface area contributed by atoms with E-state index in [1.165, 1.54) is 27.8 Å². The van der Waals surface area contributed by atoms with Gasteiger partial charge in [0.1, 0.15) is 31.3 Å². The summed E-state index contributed by atoms with van der Waals surface area (Å²) in [7, 11) is 1.74. The van der Waals surface area contributed by atoms with Gasteiger partial charge in [-0.15, -0.1) is 0 Å². The number of fused-ring (bicyclic) bond motifs is 2. The fourth-order valence-corrected chi connectivity index (χ4v) is 6.29. The molecule has 6 rings (SSSR count). The molecule has 3 aliphatic rings. The number of likely N-dealkylation sites (tertiary alicyclic amines) is 1. The van der Waals surface area contributed by atoms with Gasteiger partial charge in [0, 0.05) is 30.8 Å². The number of benzene rings is 3. The summed E-state index contributed by atoms with van der Waals surface area (Å²) < 4.78 is 23.9. The van der Waals surface area contributed by atoms with Gasteiger partial charge in [0.2, 0.25) is 0 Å². The Bertz CT molecular complexity index is 1340. The van der Waals surface area contributed by atoms with Crippen molar-refractivity contribution in [1.82, 2.24) is 4.90 Å². The van der Waals surface area contributed by atoms with Crippen molar-refractivity contribution in [3.8, 4) is 34.1 Å². The van der Waals surface area contributed by atoms with Gasteiger partial charge in [-0.3, -0.25) is 4.90 Å². The Morgan fingerprint density at radius 2 is 1.82 bits per heavy atom. The molecule has 2 aliphatic heterocycles. The molecule has 3 aromatic rings. The van der Waals surface area contributed by atoms with Crippen LogP contribution in [0, 0.1) is 6.92 Å². The lowest BCUT2D eigenvalue weighted by atomic mass is 9.96. The van der Waals surface area contributed by atoms with Crippen molar-refractivity contribution in [1.29, 1.82) is 0 Å². The number of β-amino-alcohol motifs (C(OH)–C–C–N with tert-alkyl or cyclic N) is 1. The molecule has 1 aliphatic carbocycles. The van der Waals surface area contributed by atoms with Gasteiger partial charge in [-0.1, -0.05) is 24.3 Å². The molecule has 0 radical (unpaired) electrons. The topological polar surface area (TPSA) is 60.4 Å². The minimum atomic E-state index is -0.243. The summed E-state index contributed by atoms with van der Waals surface area (Å²) in [6.45, 7) is 7.54. The number of hydrogen-bond donors (Lipinski definition) is 1. The number of nitrogens with zero attached hydrogens (tertiary/aromatic N) is 1. The van der Waals surface area contributed by atoms with Crippen LogP contribution in [0.5, 0.6) is 23.0 Å². The van der Waals surface area contributed by atoms with E-state index in [9.17, 15) is 5.11 Å². The van der Waals surface area contributed by atoms with E-state index in [0.717, 1.165) is 72.9 Å². The maximum absolute atomic E-state index is 10.2. The number of ether oxygens (including phenoxy) is 4. The first-order valence-electron chi connectivity index (χ1n) is 13.8. The normalized spacial score (nSPS) is 20.4. The fraction of sp³-hybridized carbons (Fsp3) is 0.438. The molecule has 1 saturated heterocycles. The second kappa shape index (κ2) is 10.5. The second-order valence-corrected chi connectivity index (χ2v) is 10.8. The lowest BCUT2D eigenvalue weighted by Crippen LogP contribution is -2.28. The van der Waals surface area contributed by atoms with Crippen molar-refractivity contribution < 1.29 is 24.1 Å². The van der Waals surface area contributed by atoms with Gasteiger partial charge in [-0.2, -0.15) is 0 Å². The zero-order chi connectivity index (χ0) is 26.2. The summed E-state index contributed by atoms with van der Waals surface area (Å²) in [5.41, 5.74) is 8.58. The summed E-state index contributed by atoms with van der Waals surface area (Å²) in [5.74, 6) is 3.42. The minimum Gasteiger partial charge on any atom is -0.496 e. The van der Waals surface area contributed by atoms with Crippen molar-refractivity contribution >= 4 is 0 Å². The van der Waals surface area contributed by atoms with Crippen molar-refractivity contribution in [2.45, 2.75) is 64.8 Å². The van der Waals surface area contributed by atoms with Gasteiger partial charge in [-0.25, -0.2) is 0 Å². The summed E-state index contributed by atoms with van der Waals surface area (Å²) >= 11 is 0. The van der Waals surface area contributed by atoms with Gasteiger partial charge >= 0.3 is 0 Å². The molecule has 3 aromatic carbocycles. The third-order valence-electron chi connectivity index (χ3n) is 8.38. The third-order valence-corrected chi connectivity index (χ3v) is 8.38. The molecule has 2 atom stereocenters. The molecular formula is C32H37NO5. The van der Waals surface area contributed by atoms with E-state index in [1.54, 1.807) is 7.11 Å². The molecule has 200 valence electrons. The van der Waals surface area contributed by atoms with E-state index in [-0.39, 0.29) is 6.10 Å². The number of rotatable bonds is 7. The van der Waals surface area contributed by atoms with Gasteiger partial charge in [0.15, 0.2) is 11.5 Å².